The first-order valence-electron chi connectivity index (χ1n) is 11.1. The van der Waals surface area contributed by atoms with Gasteiger partial charge < -0.3 is 32.3 Å². The van der Waals surface area contributed by atoms with Crippen LogP contribution in [0.3, 0.4) is 0 Å². The number of aliphatic carboxylic acids is 2. The van der Waals surface area contributed by atoms with Crippen molar-refractivity contribution in [3.05, 3.63) is 65.7 Å². The molecule has 8 N–H and O–H groups in total. The molecular formula is C25H24N6O5. The standard InChI is InChI=1S/C25H24N6O5/c26-22-17-11-13(5-7-19(17)30-25(27)31-22)12-28-18-8-6-16(14-3-1-2-4-15(14)18)23(34)29-20(24(35)36)9-10-21(32)33/h1-8,11,20,28H,9-10,12H2,(H,29,34)(H,32,33)(H,35,36)(H4,26,27,30,31). The molecule has 0 aliphatic rings. The van der Waals surface area contributed by atoms with Crippen LogP contribution >= 0.6 is 0 Å². The number of nitrogen functional groups attached to an aromatic ring is 2. The highest BCUT2D eigenvalue weighted by Crippen LogP contribution is 2.28. The van der Waals surface area contributed by atoms with Gasteiger partial charge in [-0.1, -0.05) is 30.3 Å². The zero-order chi connectivity index (χ0) is 25.8. The number of carboxylic acids is 2. The van der Waals surface area contributed by atoms with Gasteiger partial charge in [0.15, 0.2) is 0 Å². The van der Waals surface area contributed by atoms with E-state index in [2.05, 4.69) is 20.6 Å². The van der Waals surface area contributed by atoms with Gasteiger partial charge >= 0.3 is 11.9 Å². The van der Waals surface area contributed by atoms with Gasteiger partial charge in [-0.3, -0.25) is 9.59 Å². The summed E-state index contributed by atoms with van der Waals surface area (Å²) in [7, 11) is 0. The molecule has 4 aromatic rings. The number of benzene rings is 3. The Balaban J connectivity index is 1.57. The van der Waals surface area contributed by atoms with Gasteiger partial charge in [-0.15, -0.1) is 0 Å². The minimum absolute atomic E-state index is 0.109. The zero-order valence-corrected chi connectivity index (χ0v) is 19.1. The van der Waals surface area contributed by atoms with Crippen LogP contribution in [0.1, 0.15) is 28.8 Å². The van der Waals surface area contributed by atoms with Crippen LogP contribution in [-0.2, 0) is 16.1 Å². The molecule has 184 valence electrons. The molecule has 0 aliphatic heterocycles. The van der Waals surface area contributed by atoms with Crippen molar-refractivity contribution in [2.24, 2.45) is 0 Å². The molecule has 0 fully saturated rings. The fourth-order valence-corrected chi connectivity index (χ4v) is 3.94. The Morgan fingerprint density at radius 2 is 1.67 bits per heavy atom. The minimum atomic E-state index is -1.31. The molecule has 4 rings (SSSR count). The van der Waals surface area contributed by atoms with Gasteiger partial charge in [-0.2, -0.15) is 4.98 Å². The zero-order valence-electron chi connectivity index (χ0n) is 19.1. The van der Waals surface area contributed by atoms with Gasteiger partial charge in [-0.05, 0) is 41.6 Å². The lowest BCUT2D eigenvalue weighted by Crippen LogP contribution is -2.41. The van der Waals surface area contributed by atoms with Crippen molar-refractivity contribution in [3.8, 4) is 0 Å². The van der Waals surface area contributed by atoms with Crippen molar-refractivity contribution in [1.29, 1.82) is 0 Å². The van der Waals surface area contributed by atoms with Gasteiger partial charge in [0.25, 0.3) is 5.91 Å². The van der Waals surface area contributed by atoms with E-state index in [0.717, 1.165) is 16.6 Å². The topological polar surface area (TPSA) is 194 Å². The van der Waals surface area contributed by atoms with E-state index in [1.807, 2.05) is 30.3 Å². The number of carbonyl (C=O) groups excluding carboxylic acids is 1. The first-order valence-corrected chi connectivity index (χ1v) is 11.1. The molecule has 1 aromatic heterocycles. The van der Waals surface area contributed by atoms with Gasteiger partial charge in [-0.25, -0.2) is 9.78 Å². The molecule has 0 spiro atoms. The summed E-state index contributed by atoms with van der Waals surface area (Å²) in [4.78, 5) is 43.4. The first-order chi connectivity index (χ1) is 17.2. The Bertz CT molecular complexity index is 1490. The molecule has 36 heavy (non-hydrogen) atoms. The van der Waals surface area contributed by atoms with Gasteiger partial charge in [0, 0.05) is 35.0 Å². The van der Waals surface area contributed by atoms with E-state index < -0.39 is 23.9 Å². The van der Waals surface area contributed by atoms with Crippen LogP contribution in [-0.4, -0.2) is 44.1 Å². The normalized spacial score (nSPS) is 11.8. The third kappa shape index (κ3) is 5.25. The third-order valence-corrected chi connectivity index (χ3v) is 5.71. The number of aromatic nitrogens is 2. The average molecular weight is 489 g/mol. The van der Waals surface area contributed by atoms with Crippen LogP contribution in [0, 0.1) is 0 Å². The molecule has 0 radical (unpaired) electrons. The molecule has 11 nitrogen and oxygen atoms in total. The lowest BCUT2D eigenvalue weighted by atomic mass is 10.0. The predicted molar refractivity (Wildman–Crippen MR) is 135 cm³/mol. The fraction of sp³-hybridized carbons (Fsp3) is 0.160. The summed E-state index contributed by atoms with van der Waals surface area (Å²) in [5, 5.41) is 26.1. The molecule has 1 amide bonds. The van der Waals surface area contributed by atoms with Crippen molar-refractivity contribution in [2.75, 3.05) is 16.8 Å². The molecule has 3 aromatic carbocycles. The van der Waals surface area contributed by atoms with E-state index in [4.69, 9.17) is 16.6 Å². The molecule has 0 bridgehead atoms. The van der Waals surface area contributed by atoms with Crippen LogP contribution < -0.4 is 22.1 Å². The molecule has 0 saturated carbocycles. The van der Waals surface area contributed by atoms with E-state index in [-0.39, 0.29) is 24.4 Å². The summed E-state index contributed by atoms with van der Waals surface area (Å²) in [6, 6.07) is 14.8. The van der Waals surface area contributed by atoms with Crippen LogP contribution in [0.4, 0.5) is 17.5 Å². The van der Waals surface area contributed by atoms with Crippen LogP contribution in [0.15, 0.2) is 54.6 Å². The number of amides is 1. The number of nitrogens with one attached hydrogen (secondary N) is 2. The largest absolute Gasteiger partial charge is 0.481 e. The Kier molecular flexibility index (Phi) is 6.81. The number of nitrogens with zero attached hydrogens (tertiary/aromatic N) is 2. The number of nitrogens with two attached hydrogens (primary N) is 2. The molecule has 1 atom stereocenters. The highest BCUT2D eigenvalue weighted by atomic mass is 16.4. The molecule has 0 saturated heterocycles. The summed E-state index contributed by atoms with van der Waals surface area (Å²) in [5.74, 6) is -2.63. The van der Waals surface area contributed by atoms with Gasteiger partial charge in [0.1, 0.15) is 11.9 Å². The lowest BCUT2D eigenvalue weighted by Gasteiger charge is -2.16. The van der Waals surface area contributed by atoms with E-state index in [0.29, 0.717) is 28.7 Å². The Labute approximate surface area is 205 Å². The summed E-state index contributed by atoms with van der Waals surface area (Å²) in [5.41, 5.74) is 14.3. The van der Waals surface area contributed by atoms with E-state index in [9.17, 15) is 19.5 Å². The van der Waals surface area contributed by atoms with Crippen LogP contribution in [0.5, 0.6) is 0 Å². The Hall–Kier alpha value is -4.93. The average Bonchev–Trinajstić information content (AvgIpc) is 2.84. The summed E-state index contributed by atoms with van der Waals surface area (Å²) in [6.45, 7) is 0.450. The Morgan fingerprint density at radius 1 is 0.917 bits per heavy atom. The number of carboxylic acid groups (broad SMARTS) is 2. The van der Waals surface area contributed by atoms with E-state index in [1.165, 1.54) is 0 Å². The second-order valence-corrected chi connectivity index (χ2v) is 8.18. The van der Waals surface area contributed by atoms with Crippen LogP contribution in [0.25, 0.3) is 21.7 Å². The molecule has 0 aliphatic carbocycles. The van der Waals surface area contributed by atoms with Crippen molar-refractivity contribution in [2.45, 2.75) is 25.4 Å². The first kappa shape index (κ1) is 24.2. The van der Waals surface area contributed by atoms with Crippen molar-refractivity contribution < 1.29 is 24.6 Å². The quantitative estimate of drug-likeness (QED) is 0.204. The lowest BCUT2D eigenvalue weighted by molar-refractivity contribution is -0.140. The molecule has 1 heterocycles. The van der Waals surface area contributed by atoms with Crippen molar-refractivity contribution >= 4 is 57.0 Å². The molecule has 11 heteroatoms. The number of carbonyl (C=O) groups is 3. The minimum Gasteiger partial charge on any atom is -0.481 e. The maximum absolute atomic E-state index is 12.9. The molecular weight excluding hydrogens is 464 g/mol. The maximum Gasteiger partial charge on any atom is 0.326 e. The van der Waals surface area contributed by atoms with Crippen molar-refractivity contribution in [3.63, 3.8) is 0 Å². The molecule has 1 unspecified atom stereocenters. The highest BCUT2D eigenvalue weighted by molar-refractivity contribution is 6.11. The number of fused-ring (bicyclic) bond motifs is 2. The summed E-state index contributed by atoms with van der Waals surface area (Å²) < 4.78 is 0. The second-order valence-electron chi connectivity index (χ2n) is 8.18. The number of hydrogen-bond acceptors (Lipinski definition) is 8. The summed E-state index contributed by atoms with van der Waals surface area (Å²) >= 11 is 0. The van der Waals surface area contributed by atoms with Crippen molar-refractivity contribution in [1.82, 2.24) is 15.3 Å². The second kappa shape index (κ2) is 10.1. The van der Waals surface area contributed by atoms with E-state index >= 15 is 0 Å². The number of anilines is 3. The number of rotatable bonds is 9. The third-order valence-electron chi connectivity index (χ3n) is 5.71. The summed E-state index contributed by atoms with van der Waals surface area (Å²) in [6.07, 6.45) is -0.595. The van der Waals surface area contributed by atoms with Gasteiger partial charge in [0.05, 0.1) is 5.52 Å². The number of hydrogen-bond donors (Lipinski definition) is 6. The van der Waals surface area contributed by atoms with Gasteiger partial charge in [0.2, 0.25) is 5.95 Å². The predicted octanol–water partition coefficient (Wildman–Crippen LogP) is 2.61. The smallest absolute Gasteiger partial charge is 0.326 e. The fourth-order valence-electron chi connectivity index (χ4n) is 3.94. The van der Waals surface area contributed by atoms with E-state index in [1.54, 1.807) is 24.3 Å². The Morgan fingerprint density at radius 3 is 2.39 bits per heavy atom. The maximum atomic E-state index is 12.9. The van der Waals surface area contributed by atoms with Crippen LogP contribution in [0.2, 0.25) is 0 Å². The highest BCUT2D eigenvalue weighted by Gasteiger charge is 2.23. The SMILES string of the molecule is Nc1nc(N)c2cc(CNc3ccc(C(=O)NC(CCC(=O)O)C(=O)O)c4ccccc34)ccc2n1. The monoisotopic (exact) mass is 488 g/mol.